The number of benzene rings is 2. The van der Waals surface area contributed by atoms with Gasteiger partial charge in [0.25, 0.3) is 5.78 Å². The third-order valence-electron chi connectivity index (χ3n) is 6.27. The molecule has 10 nitrogen and oxygen atoms in total. The summed E-state index contributed by atoms with van der Waals surface area (Å²) in [5, 5.41) is 21.9. The normalized spacial score (nSPS) is 16.3. The molecule has 2 aromatic carbocycles. The first kappa shape index (κ1) is 29.1. The fraction of sp³-hybridized carbons (Fsp3) is 0.286. The Balaban J connectivity index is 1.93. The lowest BCUT2D eigenvalue weighted by Gasteiger charge is -2.24. The van der Waals surface area contributed by atoms with Crippen LogP contribution in [0.25, 0.3) is 5.76 Å². The molecule has 0 spiro atoms. The summed E-state index contributed by atoms with van der Waals surface area (Å²) < 4.78 is 16.1. The maximum Gasteiger partial charge on any atom is 0.350 e. The number of unbranched alkanes of at least 4 members (excludes halogenated alkanes) is 1. The van der Waals surface area contributed by atoms with Crippen molar-refractivity contribution in [3.05, 3.63) is 68.1 Å². The van der Waals surface area contributed by atoms with Crippen LogP contribution in [0.3, 0.4) is 0 Å². The molecule has 3 aromatic rings. The number of phenolic OH excluding ortho intramolecular Hbond substituents is 1. The number of carbonyl (C=O) groups excluding carboxylic acids is 3. The average molecular weight is 632 g/mol. The summed E-state index contributed by atoms with van der Waals surface area (Å²) in [5.74, 6) is -2.56. The Morgan fingerprint density at radius 3 is 2.62 bits per heavy atom. The number of Topliss-reactive ketones (excluding diaryl/α,β-unsaturated/α-hetero) is 1. The molecule has 210 valence electrons. The number of aliphatic hydroxyl groups is 1. The first-order chi connectivity index (χ1) is 19.1. The summed E-state index contributed by atoms with van der Waals surface area (Å²) >= 11 is 4.17. The van der Waals surface area contributed by atoms with Crippen LogP contribution < -0.4 is 14.4 Å². The molecule has 0 saturated carbocycles. The SMILES string of the molecule is CCCCOc1cccc(/C(O)=C2\C(=O)C(=O)N(c3nc(C)c(C(=O)OC)s3)C2c2cc(Br)c(O)c(OC)c2)c1. The van der Waals surface area contributed by atoms with Gasteiger partial charge in [-0.3, -0.25) is 14.5 Å². The second kappa shape index (κ2) is 12.1. The number of aliphatic hydroxyl groups excluding tert-OH is 1. The van der Waals surface area contributed by atoms with Gasteiger partial charge in [0.05, 0.1) is 42.6 Å². The van der Waals surface area contributed by atoms with Crippen molar-refractivity contribution in [3.8, 4) is 17.2 Å². The highest BCUT2D eigenvalue weighted by atomic mass is 79.9. The lowest BCUT2D eigenvalue weighted by atomic mass is 9.95. The Morgan fingerprint density at radius 2 is 1.95 bits per heavy atom. The second-order valence-corrected chi connectivity index (χ2v) is 10.7. The Kier molecular flexibility index (Phi) is 8.79. The minimum atomic E-state index is -1.17. The summed E-state index contributed by atoms with van der Waals surface area (Å²) in [6.45, 7) is 4.11. The number of amides is 1. The molecule has 12 heteroatoms. The number of aromatic nitrogens is 1. The summed E-state index contributed by atoms with van der Waals surface area (Å²) in [5.41, 5.74) is 0.717. The van der Waals surface area contributed by atoms with E-state index in [1.54, 1.807) is 31.2 Å². The van der Waals surface area contributed by atoms with Crippen LogP contribution in [0.15, 0.2) is 46.4 Å². The van der Waals surface area contributed by atoms with E-state index in [-0.39, 0.29) is 37.1 Å². The highest BCUT2D eigenvalue weighted by Crippen LogP contribution is 2.47. The molecule has 1 aliphatic heterocycles. The van der Waals surface area contributed by atoms with Crippen molar-refractivity contribution in [1.29, 1.82) is 0 Å². The van der Waals surface area contributed by atoms with E-state index < -0.39 is 29.5 Å². The van der Waals surface area contributed by atoms with E-state index in [9.17, 15) is 24.6 Å². The minimum Gasteiger partial charge on any atom is -0.507 e. The fourth-order valence-corrected chi connectivity index (χ4v) is 5.71. The van der Waals surface area contributed by atoms with Gasteiger partial charge in [-0.15, -0.1) is 0 Å². The first-order valence-electron chi connectivity index (χ1n) is 12.3. The smallest absolute Gasteiger partial charge is 0.350 e. The number of thiazole rings is 1. The van der Waals surface area contributed by atoms with Crippen molar-refractivity contribution in [2.75, 3.05) is 25.7 Å². The Morgan fingerprint density at radius 1 is 1.20 bits per heavy atom. The molecular weight excluding hydrogens is 604 g/mol. The number of aryl methyl sites for hydroxylation is 1. The maximum absolute atomic E-state index is 13.5. The number of nitrogens with zero attached hydrogens (tertiary/aromatic N) is 2. The van der Waals surface area contributed by atoms with Gasteiger partial charge in [-0.2, -0.15) is 0 Å². The monoisotopic (exact) mass is 630 g/mol. The molecule has 1 saturated heterocycles. The average Bonchev–Trinajstić information content (AvgIpc) is 3.45. The van der Waals surface area contributed by atoms with Crippen molar-refractivity contribution in [2.45, 2.75) is 32.7 Å². The largest absolute Gasteiger partial charge is 0.507 e. The number of carbonyl (C=O) groups is 3. The van der Waals surface area contributed by atoms with Crippen LogP contribution >= 0.6 is 27.3 Å². The van der Waals surface area contributed by atoms with Crippen LogP contribution in [0.1, 0.15) is 52.3 Å². The van der Waals surface area contributed by atoms with Crippen molar-refractivity contribution in [2.24, 2.45) is 0 Å². The van der Waals surface area contributed by atoms with Crippen molar-refractivity contribution in [3.63, 3.8) is 0 Å². The molecular formula is C28H27BrN2O8S. The highest BCUT2D eigenvalue weighted by molar-refractivity contribution is 9.10. The number of methoxy groups -OCH3 is 2. The van der Waals surface area contributed by atoms with Crippen LogP contribution in [0, 0.1) is 6.92 Å². The number of anilines is 1. The van der Waals surface area contributed by atoms with Crippen LogP contribution in [0.5, 0.6) is 17.2 Å². The Bertz CT molecular complexity index is 1520. The van der Waals surface area contributed by atoms with Gasteiger partial charge in [0, 0.05) is 5.56 Å². The van der Waals surface area contributed by atoms with Crippen LogP contribution in [-0.4, -0.2) is 53.7 Å². The molecule has 0 aliphatic carbocycles. The Labute approximate surface area is 242 Å². The number of aromatic hydroxyl groups is 1. The van der Waals surface area contributed by atoms with Gasteiger partial charge in [0.15, 0.2) is 16.6 Å². The van der Waals surface area contributed by atoms with E-state index in [0.29, 0.717) is 23.6 Å². The molecule has 1 amide bonds. The van der Waals surface area contributed by atoms with Gasteiger partial charge in [-0.1, -0.05) is 36.8 Å². The van der Waals surface area contributed by atoms with E-state index in [2.05, 4.69) is 20.9 Å². The predicted molar refractivity (Wildman–Crippen MR) is 152 cm³/mol. The molecule has 1 atom stereocenters. The van der Waals surface area contributed by atoms with Crippen molar-refractivity contribution in [1.82, 2.24) is 4.98 Å². The zero-order valence-electron chi connectivity index (χ0n) is 22.2. The molecule has 2 N–H and O–H groups in total. The van der Waals surface area contributed by atoms with Gasteiger partial charge in [0.1, 0.15) is 16.4 Å². The van der Waals surface area contributed by atoms with E-state index in [4.69, 9.17) is 14.2 Å². The number of ketones is 1. The first-order valence-corrected chi connectivity index (χ1v) is 13.9. The van der Waals surface area contributed by atoms with E-state index in [1.165, 1.54) is 26.4 Å². The number of phenols is 1. The molecule has 2 heterocycles. The molecule has 0 radical (unpaired) electrons. The molecule has 4 rings (SSSR count). The van der Waals surface area contributed by atoms with Crippen molar-refractivity contribution < 1.29 is 38.8 Å². The molecule has 1 unspecified atom stereocenters. The summed E-state index contributed by atoms with van der Waals surface area (Å²) in [7, 11) is 2.59. The van der Waals surface area contributed by atoms with Crippen LogP contribution in [-0.2, 0) is 14.3 Å². The second-order valence-electron chi connectivity index (χ2n) is 8.86. The quantitative estimate of drug-likeness (QED) is 0.103. The van der Waals surface area contributed by atoms with Gasteiger partial charge >= 0.3 is 11.9 Å². The number of halogens is 1. The third-order valence-corrected chi connectivity index (χ3v) is 8.01. The fourth-order valence-electron chi connectivity index (χ4n) is 4.24. The molecule has 1 aromatic heterocycles. The number of rotatable bonds is 9. The predicted octanol–water partition coefficient (Wildman–Crippen LogP) is 5.52. The van der Waals surface area contributed by atoms with Gasteiger partial charge < -0.3 is 24.4 Å². The van der Waals surface area contributed by atoms with Gasteiger partial charge in [-0.25, -0.2) is 9.78 Å². The molecule has 1 aliphatic rings. The lowest BCUT2D eigenvalue weighted by molar-refractivity contribution is -0.132. The number of hydrogen-bond acceptors (Lipinski definition) is 10. The Hall–Kier alpha value is -3.90. The van der Waals surface area contributed by atoms with E-state index in [1.807, 2.05) is 6.92 Å². The number of ether oxygens (including phenoxy) is 3. The van der Waals surface area contributed by atoms with Gasteiger partial charge in [0.2, 0.25) is 0 Å². The minimum absolute atomic E-state index is 0.0591. The zero-order valence-corrected chi connectivity index (χ0v) is 24.6. The lowest BCUT2D eigenvalue weighted by Crippen LogP contribution is -2.29. The molecule has 0 bridgehead atoms. The number of esters is 1. The maximum atomic E-state index is 13.5. The zero-order chi connectivity index (χ0) is 29.1. The van der Waals surface area contributed by atoms with Crippen LogP contribution in [0.2, 0.25) is 0 Å². The summed E-state index contributed by atoms with van der Waals surface area (Å²) in [6, 6.07) is 8.40. The van der Waals surface area contributed by atoms with Gasteiger partial charge in [-0.05, 0) is 59.1 Å². The summed E-state index contributed by atoms with van der Waals surface area (Å²) in [4.78, 5) is 45.0. The standard InChI is InChI=1S/C28H27BrN2O8S/c1-5-6-10-39-17-9-7-8-15(11-17)22(32)20-21(16-12-18(29)23(33)19(13-16)37-3)31(26(35)24(20)34)28-30-14(2)25(40-28)27(36)38-4/h7-9,11-13,21,32-33H,5-6,10H2,1-4H3/b22-20+. The van der Waals surface area contributed by atoms with Crippen molar-refractivity contribution >= 4 is 55.8 Å². The molecule has 1 fully saturated rings. The third kappa shape index (κ3) is 5.41. The van der Waals surface area contributed by atoms with Crippen LogP contribution in [0.4, 0.5) is 5.13 Å². The van der Waals surface area contributed by atoms with E-state index in [0.717, 1.165) is 29.1 Å². The highest BCUT2D eigenvalue weighted by Gasteiger charge is 2.49. The van der Waals surface area contributed by atoms with E-state index >= 15 is 0 Å². The topological polar surface area (TPSA) is 135 Å². The summed E-state index contributed by atoms with van der Waals surface area (Å²) in [6.07, 6.45) is 1.79. The molecule has 40 heavy (non-hydrogen) atoms. The number of hydrogen-bond donors (Lipinski definition) is 2.